The molecule has 12 atom stereocenters. The van der Waals surface area contributed by atoms with Gasteiger partial charge >= 0.3 is 37.1 Å². The number of halogens is 3. The summed E-state index contributed by atoms with van der Waals surface area (Å²) < 4.78 is 120. The number of carbonyl (C=O) groups is 6. The molecule has 3 aliphatic heterocycles. The molecule has 4 aromatic rings. The number of imide groups is 3. The highest BCUT2D eigenvalue weighted by molar-refractivity contribution is 7.85. The molecular formula is C66H80F3N7O15S3. The fourth-order valence-corrected chi connectivity index (χ4v) is 19.1. The number of benzene rings is 3. The number of pyridine rings is 1. The maximum absolute atomic E-state index is 13.6. The summed E-state index contributed by atoms with van der Waals surface area (Å²) in [7, 11) is -12.3. The average Bonchev–Trinajstić information content (AvgIpc) is 0.740. The summed E-state index contributed by atoms with van der Waals surface area (Å²) in [5.74, 6) is 0.280. The van der Waals surface area contributed by atoms with E-state index >= 15 is 0 Å². The lowest BCUT2D eigenvalue weighted by molar-refractivity contribution is -0.173. The molecule has 13 rings (SSSR count). The van der Waals surface area contributed by atoms with E-state index in [-0.39, 0.29) is 107 Å². The quantitative estimate of drug-likeness (QED) is 0.112. The Morgan fingerprint density at radius 1 is 0.521 bits per heavy atom. The first-order chi connectivity index (χ1) is 44.1. The van der Waals surface area contributed by atoms with Crippen LogP contribution in [0, 0.1) is 51.8 Å². The van der Waals surface area contributed by atoms with Gasteiger partial charge in [-0.1, -0.05) is 52.0 Å². The third-order valence-electron chi connectivity index (χ3n) is 22.3. The van der Waals surface area contributed by atoms with E-state index in [1.165, 1.54) is 21.4 Å². The molecule has 94 heavy (non-hydrogen) atoms. The van der Waals surface area contributed by atoms with Crippen LogP contribution in [-0.4, -0.2) is 99.6 Å². The molecule has 3 aromatic carbocycles. The molecule has 6 amide bonds. The zero-order valence-electron chi connectivity index (χ0n) is 52.8. The lowest BCUT2D eigenvalue weighted by atomic mass is 9.52. The van der Waals surface area contributed by atoms with Gasteiger partial charge < -0.3 is 12.5 Å². The third kappa shape index (κ3) is 13.8. The standard InChI is InChI=1S/C24H27N3O5S.C21H25F3N2O5S.C21H28N2O5S/c1-24-9-8-19-18-7-5-17(32-33(25,30)31)11-16(18)4-6-20(19)21(24)12-22(28)27(23(24)29)14-15-3-2-10-26-13-15;1-20-7-6-15-14-5-3-13(31-32(25,29)30)10-12(14)2-4-16(15)17(20)11-18(27)26(19(20)28)9-8-21(22,23)24;1-3-10-23-19(24)12-18-17-6-4-13-11-14(28-29(22,26)27)5-7-15(13)16(17)8-9-21(18,2)20(23)25/h2-3,5,7,10-11,13,19-21H,4,6,8-9,12,14H2,1H3,(H2,25,30,31);3,5,10,15-17H,2,4,6-9,11H2,1H3,(H2,25,29,30);5,7,11,16-18H,3-4,6,8-10,12H2,1-2H3,(H2,22,26,27)/t19?,20?,21?,24-;15?,16?,17?,20-;16?,17?,18?,21-/m000/s1. The number of alkyl halides is 3. The highest BCUT2D eigenvalue weighted by atomic mass is 32.2. The molecule has 9 aliphatic rings. The Morgan fingerprint density at radius 3 is 1.20 bits per heavy atom. The number of aromatic nitrogens is 1. The second kappa shape index (κ2) is 25.6. The summed E-state index contributed by atoms with van der Waals surface area (Å²) in [6.07, 6.45) is 8.27. The predicted octanol–water partition coefficient (Wildman–Crippen LogP) is 8.23. The van der Waals surface area contributed by atoms with Crippen LogP contribution in [0.25, 0.3) is 0 Å². The number of piperidine rings is 3. The van der Waals surface area contributed by atoms with Crippen LogP contribution in [0.4, 0.5) is 13.2 Å². The number of rotatable bonds is 12. The lowest BCUT2D eigenvalue weighted by Crippen LogP contribution is -2.59. The minimum atomic E-state index is -4.44. The number of nitrogens with zero attached hydrogens (tertiary/aromatic N) is 4. The van der Waals surface area contributed by atoms with Crippen LogP contribution in [0.5, 0.6) is 17.2 Å². The molecule has 22 nitrogen and oxygen atoms in total. The van der Waals surface area contributed by atoms with Gasteiger partial charge in [0.25, 0.3) is 0 Å². The molecule has 3 saturated heterocycles. The van der Waals surface area contributed by atoms with E-state index in [2.05, 4.69) is 4.98 Å². The highest BCUT2D eigenvalue weighted by Gasteiger charge is 2.60. The van der Waals surface area contributed by atoms with E-state index in [9.17, 15) is 67.2 Å². The molecule has 6 aliphatic carbocycles. The number of hydrogen-bond donors (Lipinski definition) is 3. The molecular weight excluding hydrogens is 1280 g/mol. The SMILES string of the molecule is CCCN1C(=O)CC2C3CCc4cc(OS(N)(=O)=O)ccc4C3CC[C@]2(C)C1=O.C[C@]12CCC3c4ccc(OS(N)(=O)=O)cc4CCC3C1CC(=O)N(CCC(F)(F)F)C2=O.C[C@]12CCC3c4ccc(OS(N)(=O)=O)cc4CCC3C1CC(=O)N(Cc1cccnc1)C2=O. The molecule has 6 fully saturated rings. The van der Waals surface area contributed by atoms with Gasteiger partial charge in [0.05, 0.1) is 29.2 Å². The number of hydrogen-bond acceptors (Lipinski definition) is 16. The smallest absolute Gasteiger partial charge is 0.371 e. The number of aryl methyl sites for hydroxylation is 3. The van der Waals surface area contributed by atoms with Crippen molar-refractivity contribution >= 4 is 66.4 Å². The van der Waals surface area contributed by atoms with E-state index in [4.69, 9.17) is 28.0 Å². The summed E-state index contributed by atoms with van der Waals surface area (Å²) in [6, 6.07) is 19.3. The Morgan fingerprint density at radius 2 is 0.872 bits per heavy atom. The minimum Gasteiger partial charge on any atom is -0.371 e. The monoisotopic (exact) mass is 1360 g/mol. The maximum atomic E-state index is 13.6. The predicted molar refractivity (Wildman–Crippen MR) is 335 cm³/mol. The van der Waals surface area contributed by atoms with Gasteiger partial charge in [-0.3, -0.25) is 48.5 Å². The molecule has 28 heteroatoms. The molecule has 1 aromatic heterocycles. The van der Waals surface area contributed by atoms with Crippen molar-refractivity contribution in [3.05, 3.63) is 118 Å². The molecule has 508 valence electrons. The maximum Gasteiger partial charge on any atom is 0.390 e. The molecule has 3 saturated carbocycles. The summed E-state index contributed by atoms with van der Waals surface area (Å²) in [5.41, 5.74) is 5.37. The Hall–Kier alpha value is -6.85. The van der Waals surface area contributed by atoms with Crippen LogP contribution in [0.15, 0.2) is 79.1 Å². The van der Waals surface area contributed by atoms with Crippen LogP contribution in [0.2, 0.25) is 0 Å². The van der Waals surface area contributed by atoms with Crippen LogP contribution in [0.1, 0.15) is 174 Å². The van der Waals surface area contributed by atoms with Crippen molar-refractivity contribution in [2.45, 2.75) is 167 Å². The summed E-state index contributed by atoms with van der Waals surface area (Å²) in [5, 5.41) is 14.9. The van der Waals surface area contributed by atoms with Crippen molar-refractivity contribution in [1.82, 2.24) is 19.7 Å². The van der Waals surface area contributed by atoms with E-state index in [0.29, 0.717) is 51.5 Å². The zero-order valence-corrected chi connectivity index (χ0v) is 55.3. The number of amides is 6. The molecule has 6 N–H and O–H groups in total. The summed E-state index contributed by atoms with van der Waals surface area (Å²) in [6.45, 7) is 7.97. The van der Waals surface area contributed by atoms with Gasteiger partial charge in [0.2, 0.25) is 35.4 Å². The summed E-state index contributed by atoms with van der Waals surface area (Å²) >= 11 is 0. The van der Waals surface area contributed by atoms with Gasteiger partial charge in [0.1, 0.15) is 17.2 Å². The highest BCUT2D eigenvalue weighted by Crippen LogP contribution is 2.61. The second-order valence-corrected chi connectivity index (χ2v) is 31.2. The Bertz CT molecular complexity index is 4050. The number of likely N-dealkylation sites (tertiary alicyclic amines) is 3. The zero-order chi connectivity index (χ0) is 67.8. The van der Waals surface area contributed by atoms with Crippen molar-refractivity contribution in [3.63, 3.8) is 0 Å². The van der Waals surface area contributed by atoms with Crippen molar-refractivity contribution in [1.29, 1.82) is 0 Å². The average molecular weight is 1360 g/mol. The summed E-state index contributed by atoms with van der Waals surface area (Å²) in [4.78, 5) is 86.2. The van der Waals surface area contributed by atoms with Gasteiger partial charge in [-0.05, 0) is 218 Å². The van der Waals surface area contributed by atoms with Crippen LogP contribution < -0.4 is 28.0 Å². The molecule has 0 bridgehead atoms. The Labute approximate surface area is 545 Å². The minimum absolute atomic E-state index is 0.00162. The van der Waals surface area contributed by atoms with Gasteiger partial charge in [0.15, 0.2) is 0 Å². The van der Waals surface area contributed by atoms with Crippen molar-refractivity contribution < 1.29 is 79.7 Å². The fourth-order valence-electron chi connectivity index (χ4n) is 18.0. The van der Waals surface area contributed by atoms with E-state index in [1.54, 1.807) is 55.7 Å². The van der Waals surface area contributed by atoms with Crippen molar-refractivity contribution in [2.75, 3.05) is 13.1 Å². The first kappa shape index (κ1) is 68.5. The van der Waals surface area contributed by atoms with E-state index in [1.807, 2.05) is 45.0 Å². The normalized spacial score (nSPS) is 30.4. The number of carbonyl (C=O) groups excluding carboxylic acids is 6. The van der Waals surface area contributed by atoms with Crippen molar-refractivity contribution in [3.8, 4) is 17.2 Å². The van der Waals surface area contributed by atoms with Crippen LogP contribution >= 0.6 is 0 Å². The van der Waals surface area contributed by atoms with Crippen LogP contribution in [-0.2, 0) is 85.5 Å². The fraction of sp³-hybridized carbons (Fsp3) is 0.561. The number of fused-ring (bicyclic) bond motifs is 15. The molecule has 4 heterocycles. The van der Waals surface area contributed by atoms with E-state index in [0.717, 1.165) is 89.6 Å². The van der Waals surface area contributed by atoms with Crippen LogP contribution in [0.3, 0.4) is 0 Å². The van der Waals surface area contributed by atoms with Gasteiger partial charge in [-0.2, -0.15) is 53.8 Å². The van der Waals surface area contributed by atoms with Crippen molar-refractivity contribution in [2.24, 2.45) is 67.2 Å². The Balaban J connectivity index is 0.000000144. The van der Waals surface area contributed by atoms with E-state index < -0.39 is 78.1 Å². The lowest BCUT2D eigenvalue weighted by Gasteiger charge is -2.54. The largest absolute Gasteiger partial charge is 0.390 e. The van der Waals surface area contributed by atoms with Gasteiger partial charge in [-0.15, -0.1) is 0 Å². The molecule has 9 unspecified atom stereocenters. The third-order valence-corrected chi connectivity index (χ3v) is 23.6. The molecule has 0 radical (unpaired) electrons. The van der Waals surface area contributed by atoms with Gasteiger partial charge in [-0.25, -0.2) is 0 Å². The topological polar surface area (TPSA) is 333 Å². The van der Waals surface area contributed by atoms with Gasteiger partial charge in [0, 0.05) is 44.7 Å². The first-order valence-electron chi connectivity index (χ1n) is 32.1. The first-order valence-corrected chi connectivity index (χ1v) is 36.5. The second-order valence-electron chi connectivity index (χ2n) is 27.8. The number of nitrogens with two attached hydrogens (primary N) is 3. The Kier molecular flexibility index (Phi) is 18.7. The molecule has 0 spiro atoms.